The number of carbonyl (C=O) groups excluding carboxylic acids is 1. The van der Waals surface area contributed by atoms with Gasteiger partial charge in [-0.3, -0.25) is 4.79 Å². The normalized spacial score (nSPS) is 17.4. The summed E-state index contributed by atoms with van der Waals surface area (Å²) in [5.41, 5.74) is 1.48. The predicted molar refractivity (Wildman–Crippen MR) is 107 cm³/mol. The van der Waals surface area contributed by atoms with Crippen molar-refractivity contribution in [3.8, 4) is 5.75 Å². The summed E-state index contributed by atoms with van der Waals surface area (Å²) in [6, 6.07) is 7.89. The fraction of sp³-hybridized carbons (Fsp3) is 0.571. The van der Waals surface area contributed by atoms with Crippen LogP contribution in [0.2, 0.25) is 0 Å². The van der Waals surface area contributed by atoms with Gasteiger partial charge in [0, 0.05) is 36.6 Å². The molecule has 1 aliphatic rings. The molecule has 148 valence electrons. The molecule has 1 aromatic heterocycles. The summed E-state index contributed by atoms with van der Waals surface area (Å²) in [5.74, 6) is 1.18. The summed E-state index contributed by atoms with van der Waals surface area (Å²) in [7, 11) is 0. The standard InChI is InChI=1S/C21H31N3O3/c1-14(2)13-27-20-6-4-5-18-17(20)11-19(23-18)21(26)22-16-7-9-24(10-8-16)12-15(3)25/h4-6,11,14-16,23,25H,7-10,12-13H2,1-3H3,(H,22,26)/t15-/m1/s1. The number of benzene rings is 1. The van der Waals surface area contributed by atoms with E-state index in [0.717, 1.165) is 42.6 Å². The number of H-pyrrole nitrogens is 1. The van der Waals surface area contributed by atoms with Crippen molar-refractivity contribution in [2.24, 2.45) is 5.92 Å². The van der Waals surface area contributed by atoms with Gasteiger partial charge in [0.1, 0.15) is 11.4 Å². The number of ether oxygens (including phenoxy) is 1. The average Bonchev–Trinajstić information content (AvgIpc) is 3.06. The van der Waals surface area contributed by atoms with Crippen LogP contribution in [-0.2, 0) is 0 Å². The number of aliphatic hydroxyl groups is 1. The number of nitrogens with one attached hydrogen (secondary N) is 2. The Morgan fingerprint density at radius 3 is 2.74 bits per heavy atom. The number of hydrogen-bond acceptors (Lipinski definition) is 4. The van der Waals surface area contributed by atoms with Crippen LogP contribution in [0, 0.1) is 5.92 Å². The Balaban J connectivity index is 1.62. The van der Waals surface area contributed by atoms with E-state index in [1.165, 1.54) is 0 Å². The summed E-state index contributed by atoms with van der Waals surface area (Å²) >= 11 is 0. The highest BCUT2D eigenvalue weighted by atomic mass is 16.5. The minimum absolute atomic E-state index is 0.0741. The van der Waals surface area contributed by atoms with Gasteiger partial charge in [0.2, 0.25) is 0 Å². The molecule has 1 amide bonds. The van der Waals surface area contributed by atoms with Gasteiger partial charge in [0.15, 0.2) is 0 Å². The van der Waals surface area contributed by atoms with Crippen molar-refractivity contribution in [2.75, 3.05) is 26.2 Å². The molecule has 3 N–H and O–H groups in total. The van der Waals surface area contributed by atoms with Crippen molar-refractivity contribution in [1.29, 1.82) is 0 Å². The molecule has 0 spiro atoms. The van der Waals surface area contributed by atoms with Crippen LogP contribution in [-0.4, -0.2) is 59.3 Å². The molecule has 27 heavy (non-hydrogen) atoms. The van der Waals surface area contributed by atoms with Crippen molar-refractivity contribution in [3.63, 3.8) is 0 Å². The van der Waals surface area contributed by atoms with Gasteiger partial charge in [-0.05, 0) is 43.9 Å². The number of aromatic amines is 1. The zero-order valence-corrected chi connectivity index (χ0v) is 16.5. The lowest BCUT2D eigenvalue weighted by Crippen LogP contribution is -2.46. The van der Waals surface area contributed by atoms with E-state index in [-0.39, 0.29) is 18.1 Å². The largest absolute Gasteiger partial charge is 0.493 e. The van der Waals surface area contributed by atoms with Gasteiger partial charge in [0.25, 0.3) is 5.91 Å². The summed E-state index contributed by atoms with van der Waals surface area (Å²) in [4.78, 5) is 18.1. The van der Waals surface area contributed by atoms with E-state index in [1.54, 1.807) is 0 Å². The molecule has 3 rings (SSSR count). The maximum absolute atomic E-state index is 12.7. The minimum Gasteiger partial charge on any atom is -0.493 e. The van der Waals surface area contributed by atoms with E-state index in [1.807, 2.05) is 31.2 Å². The van der Waals surface area contributed by atoms with Crippen LogP contribution in [0.3, 0.4) is 0 Å². The van der Waals surface area contributed by atoms with Gasteiger partial charge in [-0.2, -0.15) is 0 Å². The number of fused-ring (bicyclic) bond motifs is 1. The van der Waals surface area contributed by atoms with Crippen molar-refractivity contribution in [2.45, 2.75) is 45.8 Å². The highest BCUT2D eigenvalue weighted by Gasteiger charge is 2.22. The first-order valence-corrected chi connectivity index (χ1v) is 9.88. The van der Waals surface area contributed by atoms with Gasteiger partial charge >= 0.3 is 0 Å². The Bertz CT molecular complexity index is 761. The highest BCUT2D eigenvalue weighted by Crippen LogP contribution is 2.27. The number of nitrogens with zero attached hydrogens (tertiary/aromatic N) is 1. The van der Waals surface area contributed by atoms with Gasteiger partial charge in [-0.25, -0.2) is 0 Å². The van der Waals surface area contributed by atoms with Crippen molar-refractivity contribution >= 4 is 16.8 Å². The van der Waals surface area contributed by atoms with E-state index in [2.05, 4.69) is 29.0 Å². The first kappa shape index (κ1) is 19.7. The zero-order chi connectivity index (χ0) is 19.4. The van der Waals surface area contributed by atoms with Gasteiger partial charge in [-0.1, -0.05) is 19.9 Å². The lowest BCUT2D eigenvalue weighted by molar-refractivity contribution is 0.0858. The highest BCUT2D eigenvalue weighted by molar-refractivity contribution is 5.99. The zero-order valence-electron chi connectivity index (χ0n) is 16.5. The molecule has 1 atom stereocenters. The fourth-order valence-electron chi connectivity index (χ4n) is 3.53. The molecular weight excluding hydrogens is 342 g/mol. The number of amides is 1. The Morgan fingerprint density at radius 2 is 2.07 bits per heavy atom. The SMILES string of the molecule is CC(C)COc1cccc2[nH]c(C(=O)NC3CCN(C[C@@H](C)O)CC3)cc12. The minimum atomic E-state index is -0.311. The van der Waals surface area contributed by atoms with Crippen molar-refractivity contribution < 1.29 is 14.6 Å². The molecule has 0 saturated carbocycles. The lowest BCUT2D eigenvalue weighted by atomic mass is 10.0. The molecular formula is C21H31N3O3. The van der Waals surface area contributed by atoms with Crippen LogP contribution < -0.4 is 10.1 Å². The molecule has 0 bridgehead atoms. The second-order valence-corrected chi connectivity index (χ2v) is 8.00. The number of rotatable bonds is 7. The van der Waals surface area contributed by atoms with E-state index < -0.39 is 0 Å². The van der Waals surface area contributed by atoms with Crippen LogP contribution in [0.1, 0.15) is 44.1 Å². The molecule has 1 fully saturated rings. The summed E-state index contributed by atoms with van der Waals surface area (Å²) in [6.07, 6.45) is 1.50. The Labute approximate surface area is 160 Å². The monoisotopic (exact) mass is 373 g/mol. The van der Waals surface area contributed by atoms with Crippen molar-refractivity contribution in [3.05, 3.63) is 30.0 Å². The van der Waals surface area contributed by atoms with Gasteiger partial charge in [0.05, 0.1) is 12.7 Å². The van der Waals surface area contributed by atoms with Crippen LogP contribution in [0.25, 0.3) is 10.9 Å². The molecule has 2 heterocycles. The molecule has 0 unspecified atom stereocenters. The third-order valence-electron chi connectivity index (χ3n) is 4.89. The van der Waals surface area contributed by atoms with Crippen LogP contribution >= 0.6 is 0 Å². The topological polar surface area (TPSA) is 77.6 Å². The number of likely N-dealkylation sites (tertiary alicyclic amines) is 1. The smallest absolute Gasteiger partial charge is 0.267 e. The van der Waals surface area contributed by atoms with Crippen molar-refractivity contribution in [1.82, 2.24) is 15.2 Å². The molecule has 1 aliphatic heterocycles. The quantitative estimate of drug-likeness (QED) is 0.697. The van der Waals surface area contributed by atoms with E-state index in [4.69, 9.17) is 4.74 Å². The van der Waals surface area contributed by atoms with Crippen LogP contribution in [0.15, 0.2) is 24.3 Å². The number of piperidine rings is 1. The molecule has 0 radical (unpaired) electrons. The Kier molecular flexibility index (Phi) is 6.39. The maximum atomic E-state index is 12.7. The number of carbonyl (C=O) groups is 1. The van der Waals surface area contributed by atoms with Gasteiger partial charge < -0.3 is 25.0 Å². The summed E-state index contributed by atoms with van der Waals surface area (Å²) in [6.45, 7) is 9.18. The Morgan fingerprint density at radius 1 is 1.33 bits per heavy atom. The predicted octanol–water partition coefficient (Wildman–Crippen LogP) is 2.78. The van der Waals surface area contributed by atoms with E-state index in [0.29, 0.717) is 24.8 Å². The van der Waals surface area contributed by atoms with E-state index >= 15 is 0 Å². The number of aliphatic hydroxyl groups excluding tert-OH is 1. The molecule has 1 aromatic carbocycles. The van der Waals surface area contributed by atoms with Crippen LogP contribution in [0.4, 0.5) is 0 Å². The van der Waals surface area contributed by atoms with Crippen LogP contribution in [0.5, 0.6) is 5.75 Å². The number of aromatic nitrogens is 1. The lowest BCUT2D eigenvalue weighted by Gasteiger charge is -2.32. The maximum Gasteiger partial charge on any atom is 0.267 e. The molecule has 6 nitrogen and oxygen atoms in total. The van der Waals surface area contributed by atoms with E-state index in [9.17, 15) is 9.90 Å². The summed E-state index contributed by atoms with van der Waals surface area (Å²) in [5, 5.41) is 13.6. The third kappa shape index (κ3) is 5.23. The average molecular weight is 373 g/mol. The second-order valence-electron chi connectivity index (χ2n) is 8.00. The molecule has 1 saturated heterocycles. The van der Waals surface area contributed by atoms with Gasteiger partial charge in [-0.15, -0.1) is 0 Å². The molecule has 0 aliphatic carbocycles. The molecule has 6 heteroatoms. The molecule has 2 aromatic rings. The first-order valence-electron chi connectivity index (χ1n) is 9.88. The number of hydrogen-bond donors (Lipinski definition) is 3. The summed E-state index contributed by atoms with van der Waals surface area (Å²) < 4.78 is 5.89. The second kappa shape index (κ2) is 8.76. The third-order valence-corrected chi connectivity index (χ3v) is 4.89. The first-order chi connectivity index (χ1) is 12.9. The number of β-amino-alcohol motifs (C(OH)–C–C–N with tert-alkyl or cyclic N) is 1. The Hall–Kier alpha value is -2.05. The fourth-order valence-corrected chi connectivity index (χ4v) is 3.53.